The molecule has 3 aromatic heterocycles. The van der Waals surface area contributed by atoms with Crippen LogP contribution >= 0.6 is 0 Å². The molecule has 0 spiro atoms. The van der Waals surface area contributed by atoms with Gasteiger partial charge in [-0.2, -0.15) is 0 Å². The van der Waals surface area contributed by atoms with E-state index in [1.165, 1.54) is 20.3 Å². The highest BCUT2D eigenvalue weighted by atomic mass is 19.1. The molecule has 0 aliphatic carbocycles. The van der Waals surface area contributed by atoms with E-state index in [2.05, 4.69) is 20.6 Å². The van der Waals surface area contributed by atoms with Crippen LogP contribution < -0.4 is 10.6 Å². The van der Waals surface area contributed by atoms with Crippen molar-refractivity contribution in [1.29, 1.82) is 0 Å². The number of benzene rings is 4. The Kier molecular flexibility index (Phi) is 12.4. The maximum absolute atomic E-state index is 16.2. The van der Waals surface area contributed by atoms with Crippen molar-refractivity contribution in [2.45, 2.75) is 63.2 Å². The first kappa shape index (κ1) is 43.6. The first-order chi connectivity index (χ1) is 32.1. The number of nitrogens with one attached hydrogen (secondary N) is 4. The van der Waals surface area contributed by atoms with Crippen molar-refractivity contribution in [3.8, 4) is 33.8 Å². The number of methoxy groups -OCH3 is 2. The molecule has 14 nitrogen and oxygen atoms in total. The summed E-state index contributed by atoms with van der Waals surface area (Å²) in [4.78, 5) is 68.0. The second kappa shape index (κ2) is 18.8. The van der Waals surface area contributed by atoms with Gasteiger partial charge in [-0.15, -0.1) is 0 Å². The molecule has 15 heteroatoms. The third kappa shape index (κ3) is 8.63. The van der Waals surface area contributed by atoms with Crippen molar-refractivity contribution in [3.63, 3.8) is 0 Å². The van der Waals surface area contributed by atoms with Gasteiger partial charge in [0.05, 0.1) is 43.8 Å². The van der Waals surface area contributed by atoms with Gasteiger partial charge >= 0.3 is 12.2 Å². The Morgan fingerprint density at radius 3 is 1.94 bits per heavy atom. The van der Waals surface area contributed by atoms with Crippen LogP contribution in [0.15, 0.2) is 120 Å². The number of H-pyrrole nitrogens is 2. The lowest BCUT2D eigenvalue weighted by Gasteiger charge is -2.29. The highest BCUT2D eigenvalue weighted by molar-refractivity contribution is 5.89. The molecule has 0 bridgehead atoms. The zero-order valence-electron chi connectivity index (χ0n) is 36.8. The first-order valence-corrected chi connectivity index (χ1v) is 22.1. The van der Waals surface area contributed by atoms with E-state index < -0.39 is 30.1 Å². The lowest BCUT2D eigenvalue weighted by molar-refractivity contribution is -0.135. The minimum atomic E-state index is -0.923. The van der Waals surface area contributed by atoms with Crippen LogP contribution in [0.1, 0.15) is 85.0 Å². The van der Waals surface area contributed by atoms with Crippen molar-refractivity contribution >= 4 is 35.0 Å². The van der Waals surface area contributed by atoms with Crippen molar-refractivity contribution in [3.05, 3.63) is 149 Å². The monoisotopic (exact) mass is 891 g/mol. The van der Waals surface area contributed by atoms with E-state index in [9.17, 15) is 19.2 Å². The smallest absolute Gasteiger partial charge is 0.407 e. The average molecular weight is 892 g/mol. The molecule has 7 aromatic rings. The Labute approximate surface area is 380 Å². The first-order valence-electron chi connectivity index (χ1n) is 22.1. The number of ether oxygens (including phenoxy) is 2. The van der Waals surface area contributed by atoms with Crippen LogP contribution in [0.3, 0.4) is 0 Å². The highest BCUT2D eigenvalue weighted by Gasteiger charge is 2.39. The molecule has 2 aliphatic heterocycles. The molecular formula is C51H50FN7O7. The molecule has 2 fully saturated rings. The number of aryl methyl sites for hydroxylation is 1. The zero-order valence-corrected chi connectivity index (χ0v) is 36.8. The number of aromatic amines is 2. The molecule has 4 atom stereocenters. The summed E-state index contributed by atoms with van der Waals surface area (Å²) >= 11 is 0. The van der Waals surface area contributed by atoms with E-state index in [1.807, 2.05) is 84.6 Å². The largest absolute Gasteiger partial charge is 0.456 e. The quantitative estimate of drug-likeness (QED) is 0.0938. The van der Waals surface area contributed by atoms with Crippen LogP contribution in [0.25, 0.3) is 44.8 Å². The number of nitrogens with zero attached hydrogens (tertiary/aromatic N) is 3. The Bertz CT molecular complexity index is 2890. The van der Waals surface area contributed by atoms with E-state index in [4.69, 9.17) is 18.9 Å². The van der Waals surface area contributed by atoms with Gasteiger partial charge in [-0.25, -0.2) is 19.0 Å². The van der Waals surface area contributed by atoms with Gasteiger partial charge in [0, 0.05) is 41.0 Å². The minimum Gasteiger partial charge on any atom is -0.456 e. The fourth-order valence-electron chi connectivity index (χ4n) is 9.33. The molecule has 5 heterocycles. The van der Waals surface area contributed by atoms with E-state index in [0.29, 0.717) is 65.4 Å². The molecule has 4 unspecified atom stereocenters. The Morgan fingerprint density at radius 2 is 1.33 bits per heavy atom. The number of likely N-dealkylation sites (tertiary alicyclic amines) is 2. The number of halogens is 1. The predicted molar refractivity (Wildman–Crippen MR) is 245 cm³/mol. The van der Waals surface area contributed by atoms with E-state index in [0.717, 1.165) is 52.9 Å². The number of amides is 4. The third-order valence-electron chi connectivity index (χ3n) is 12.7. The molecule has 66 heavy (non-hydrogen) atoms. The van der Waals surface area contributed by atoms with Crippen LogP contribution in [0, 0.1) is 5.82 Å². The summed E-state index contributed by atoms with van der Waals surface area (Å²) in [5, 5.41) is 6.19. The third-order valence-corrected chi connectivity index (χ3v) is 12.7. The Morgan fingerprint density at radius 1 is 0.742 bits per heavy atom. The summed E-state index contributed by atoms with van der Waals surface area (Å²) in [6.45, 7) is 3.08. The molecule has 0 radical (unpaired) electrons. The average Bonchev–Trinajstić information content (AvgIpc) is 4.21. The summed E-state index contributed by atoms with van der Waals surface area (Å²) in [6, 6.07) is 30.3. The molecule has 4 N–H and O–H groups in total. The highest BCUT2D eigenvalue weighted by Crippen LogP contribution is 2.40. The van der Waals surface area contributed by atoms with Gasteiger partial charge < -0.3 is 44.3 Å². The van der Waals surface area contributed by atoms with Gasteiger partial charge in [-0.05, 0) is 91.3 Å². The summed E-state index contributed by atoms with van der Waals surface area (Å²) in [5.41, 5.74) is 7.06. The number of furan rings is 1. The molecule has 338 valence electrons. The van der Waals surface area contributed by atoms with Gasteiger partial charge in [-0.1, -0.05) is 73.7 Å². The van der Waals surface area contributed by atoms with E-state index >= 15 is 4.39 Å². The number of aromatic nitrogens is 3. The number of alkyl carbamates (subject to hydrolysis) is 2. The van der Waals surface area contributed by atoms with Gasteiger partial charge in [0.25, 0.3) is 5.91 Å². The van der Waals surface area contributed by atoms with Crippen LogP contribution in [-0.2, 0) is 25.5 Å². The second-order valence-electron chi connectivity index (χ2n) is 16.6. The Hall–Kier alpha value is -7.68. The summed E-state index contributed by atoms with van der Waals surface area (Å²) < 4.78 is 32.0. The molecule has 4 aromatic carbocycles. The molecule has 4 amide bonds. The van der Waals surface area contributed by atoms with Gasteiger partial charge in [-0.3, -0.25) is 9.59 Å². The second-order valence-corrected chi connectivity index (χ2v) is 16.6. The fraction of sp³-hybridized carbons (Fsp3) is 0.275. The fourth-order valence-corrected chi connectivity index (χ4v) is 9.33. The van der Waals surface area contributed by atoms with E-state index in [1.54, 1.807) is 41.4 Å². The molecule has 0 saturated carbocycles. The van der Waals surface area contributed by atoms with Crippen LogP contribution in [-0.4, -0.2) is 76.1 Å². The van der Waals surface area contributed by atoms with Crippen LogP contribution in [0.5, 0.6) is 0 Å². The van der Waals surface area contributed by atoms with Gasteiger partial charge in [0.15, 0.2) is 0 Å². The lowest BCUT2D eigenvalue weighted by Crippen LogP contribution is -2.42. The normalized spacial score (nSPS) is 16.8. The number of imidazole rings is 1. The Balaban J connectivity index is 0.923. The SMILES string of the molecule is CCc1cc(-c2ccc(-c3cc4cc(-c5cnc(C6CCCN6C(=O)C(NC(=O)OC)c6ccccc6)[nH]5)ccc4o3)c(F)c2)[nH]c1C1CCCN1C(=O)C(NC(=O)OC)c1ccccc1. The summed E-state index contributed by atoms with van der Waals surface area (Å²) in [6.07, 6.45) is 4.03. The predicted octanol–water partition coefficient (Wildman–Crippen LogP) is 9.71. The van der Waals surface area contributed by atoms with Gasteiger partial charge in [0.2, 0.25) is 5.91 Å². The number of hydrogen-bond donors (Lipinski definition) is 4. The van der Waals surface area contributed by atoms with Gasteiger partial charge in [0.1, 0.15) is 35.1 Å². The van der Waals surface area contributed by atoms with Crippen LogP contribution in [0.2, 0.25) is 0 Å². The number of carbonyl (C=O) groups excluding carboxylic acids is 4. The van der Waals surface area contributed by atoms with Crippen molar-refractivity contribution in [2.24, 2.45) is 0 Å². The maximum Gasteiger partial charge on any atom is 0.407 e. The molecule has 2 saturated heterocycles. The topological polar surface area (TPSA) is 175 Å². The lowest BCUT2D eigenvalue weighted by atomic mass is 10.0. The molecular weight excluding hydrogens is 842 g/mol. The van der Waals surface area contributed by atoms with E-state index in [-0.39, 0.29) is 23.9 Å². The number of hydrogen-bond acceptors (Lipinski definition) is 8. The maximum atomic E-state index is 16.2. The zero-order chi connectivity index (χ0) is 45.9. The number of rotatable bonds is 12. The minimum absolute atomic E-state index is 0.232. The van der Waals surface area contributed by atoms with Crippen molar-refractivity contribution in [1.82, 2.24) is 35.4 Å². The van der Waals surface area contributed by atoms with Crippen molar-refractivity contribution < 1.29 is 37.5 Å². The molecule has 2 aliphatic rings. The van der Waals surface area contributed by atoms with Crippen molar-refractivity contribution in [2.75, 3.05) is 27.3 Å². The number of fused-ring (bicyclic) bond motifs is 1. The summed E-state index contributed by atoms with van der Waals surface area (Å²) in [5.74, 6) is 0.0689. The molecule has 9 rings (SSSR count). The van der Waals surface area contributed by atoms with Crippen LogP contribution in [0.4, 0.5) is 14.0 Å². The summed E-state index contributed by atoms with van der Waals surface area (Å²) in [7, 11) is 2.53. The number of carbonyl (C=O) groups is 4. The standard InChI is InChI=1S/C51H50FN7O7/c1-4-30-27-38(54-44(30)40-17-11-23-58(40)48(60)45(56-50(62)64-2)31-13-7-5-8-14-31)34-19-21-36(37(52)26-34)43-28-35-25-33(20-22-42(35)66-43)39-29-53-47(55-39)41-18-12-24-59(41)49(61)46(57-51(63)65-3)32-15-9-6-10-16-32/h5-10,13-16,19-22,25-29,40-41,45-46,54H,4,11-12,17-18,23-24H2,1-3H3,(H,53,55)(H,56,62)(H,57,63).